The zero-order chi connectivity index (χ0) is 14.8. The van der Waals surface area contributed by atoms with Gasteiger partial charge in [0.25, 0.3) is 0 Å². The van der Waals surface area contributed by atoms with Crippen molar-refractivity contribution in [3.63, 3.8) is 0 Å². The summed E-state index contributed by atoms with van der Waals surface area (Å²) in [7, 11) is -3.18. The van der Waals surface area contributed by atoms with Crippen LogP contribution in [0.2, 0.25) is 0 Å². The zero-order valence-electron chi connectivity index (χ0n) is 11.1. The van der Waals surface area contributed by atoms with E-state index in [0.29, 0.717) is 5.95 Å². The summed E-state index contributed by atoms with van der Waals surface area (Å²) in [6, 6.07) is 6.55. The molecule has 0 aliphatic carbocycles. The molecule has 1 aromatic carbocycles. The molecule has 1 atom stereocenters. The number of nitrogens with one attached hydrogen (secondary N) is 1. The van der Waals surface area contributed by atoms with Crippen molar-refractivity contribution >= 4 is 21.7 Å². The molecule has 106 valence electrons. The Bertz CT molecular complexity index is 700. The van der Waals surface area contributed by atoms with Crippen LogP contribution in [0.15, 0.2) is 35.5 Å². The third-order valence-corrected chi connectivity index (χ3v) is 3.87. The number of hydrogen-bond donors (Lipinski definition) is 2. The number of nitrogens with zero attached hydrogens (tertiary/aromatic N) is 3. The lowest BCUT2D eigenvalue weighted by atomic mass is 10.1. The first-order valence-electron chi connectivity index (χ1n) is 5.87. The highest BCUT2D eigenvalue weighted by molar-refractivity contribution is 7.90. The van der Waals surface area contributed by atoms with Crippen LogP contribution in [0.25, 0.3) is 0 Å². The molecule has 0 amide bonds. The van der Waals surface area contributed by atoms with Crippen LogP contribution in [0.3, 0.4) is 0 Å². The van der Waals surface area contributed by atoms with Gasteiger partial charge in [-0.3, -0.25) is 0 Å². The number of rotatable bonds is 4. The van der Waals surface area contributed by atoms with E-state index in [1.165, 1.54) is 12.6 Å². The van der Waals surface area contributed by atoms with Gasteiger partial charge in [0.05, 0.1) is 10.9 Å². The Morgan fingerprint density at radius 1 is 1.20 bits per heavy atom. The van der Waals surface area contributed by atoms with Crippen molar-refractivity contribution in [3.05, 3.63) is 36.2 Å². The molecule has 0 saturated heterocycles. The molecule has 2 rings (SSSR count). The third-order valence-electron chi connectivity index (χ3n) is 2.74. The minimum Gasteiger partial charge on any atom is -0.368 e. The smallest absolute Gasteiger partial charge is 0.227 e. The molecule has 0 spiro atoms. The van der Waals surface area contributed by atoms with E-state index in [9.17, 15) is 8.42 Å². The van der Waals surface area contributed by atoms with Crippen LogP contribution in [-0.4, -0.2) is 29.6 Å². The van der Waals surface area contributed by atoms with E-state index in [-0.39, 0.29) is 16.9 Å². The fourth-order valence-corrected chi connectivity index (χ4v) is 2.29. The maximum Gasteiger partial charge on any atom is 0.227 e. The number of hydrogen-bond acceptors (Lipinski definition) is 7. The van der Waals surface area contributed by atoms with E-state index in [1.807, 2.05) is 6.92 Å². The Kier molecular flexibility index (Phi) is 3.84. The molecule has 20 heavy (non-hydrogen) atoms. The van der Waals surface area contributed by atoms with Gasteiger partial charge in [0.15, 0.2) is 9.84 Å². The van der Waals surface area contributed by atoms with Crippen molar-refractivity contribution in [3.8, 4) is 0 Å². The van der Waals surface area contributed by atoms with Gasteiger partial charge >= 0.3 is 0 Å². The van der Waals surface area contributed by atoms with Crippen molar-refractivity contribution < 1.29 is 8.42 Å². The molecule has 0 radical (unpaired) electrons. The minimum atomic E-state index is -3.18. The van der Waals surface area contributed by atoms with Gasteiger partial charge in [-0.1, -0.05) is 12.1 Å². The molecule has 0 aliphatic rings. The first-order valence-corrected chi connectivity index (χ1v) is 7.76. The second-order valence-corrected chi connectivity index (χ2v) is 6.39. The fourth-order valence-electron chi connectivity index (χ4n) is 1.66. The number of anilines is 2. The van der Waals surface area contributed by atoms with Crippen LogP contribution in [0, 0.1) is 0 Å². The lowest BCUT2D eigenvalue weighted by molar-refractivity contribution is 0.602. The fraction of sp³-hybridized carbons (Fsp3) is 0.250. The molecule has 8 heteroatoms. The lowest BCUT2D eigenvalue weighted by Crippen LogP contribution is -2.11. The van der Waals surface area contributed by atoms with Crippen molar-refractivity contribution in [2.45, 2.75) is 17.9 Å². The maximum atomic E-state index is 11.4. The van der Waals surface area contributed by atoms with Gasteiger partial charge in [-0.2, -0.15) is 4.98 Å². The van der Waals surface area contributed by atoms with Crippen LogP contribution in [0.1, 0.15) is 18.5 Å². The largest absolute Gasteiger partial charge is 0.368 e. The third kappa shape index (κ3) is 3.41. The summed E-state index contributed by atoms with van der Waals surface area (Å²) in [5.41, 5.74) is 6.39. The van der Waals surface area contributed by atoms with Crippen molar-refractivity contribution in [1.82, 2.24) is 15.0 Å². The van der Waals surface area contributed by atoms with Crippen LogP contribution < -0.4 is 11.1 Å². The number of aromatic nitrogens is 3. The van der Waals surface area contributed by atoms with E-state index >= 15 is 0 Å². The van der Waals surface area contributed by atoms with Crippen LogP contribution >= 0.6 is 0 Å². The summed E-state index contributed by atoms with van der Waals surface area (Å²) in [6.45, 7) is 1.91. The molecule has 1 aromatic heterocycles. The SMILES string of the molecule is CC(Nc1ncnc(N)n1)c1ccc(S(C)(=O)=O)cc1. The summed E-state index contributed by atoms with van der Waals surface area (Å²) in [6.07, 6.45) is 2.50. The second kappa shape index (κ2) is 5.41. The van der Waals surface area contributed by atoms with Crippen LogP contribution in [0.4, 0.5) is 11.9 Å². The van der Waals surface area contributed by atoms with E-state index in [1.54, 1.807) is 24.3 Å². The van der Waals surface area contributed by atoms with Gasteiger partial charge in [0.1, 0.15) is 6.33 Å². The summed E-state index contributed by atoms with van der Waals surface area (Å²) in [4.78, 5) is 11.9. The van der Waals surface area contributed by atoms with Crippen molar-refractivity contribution in [1.29, 1.82) is 0 Å². The Morgan fingerprint density at radius 3 is 2.40 bits per heavy atom. The van der Waals surface area contributed by atoms with Crippen molar-refractivity contribution in [2.24, 2.45) is 0 Å². The number of sulfone groups is 1. The Labute approximate surface area is 117 Å². The number of nitrogens with two attached hydrogens (primary N) is 1. The van der Waals surface area contributed by atoms with Crippen molar-refractivity contribution in [2.75, 3.05) is 17.3 Å². The van der Waals surface area contributed by atoms with Gasteiger partial charge in [0, 0.05) is 6.26 Å². The quantitative estimate of drug-likeness (QED) is 0.866. The summed E-state index contributed by atoms with van der Waals surface area (Å²) in [5, 5.41) is 3.07. The first-order chi connectivity index (χ1) is 9.36. The van der Waals surface area contributed by atoms with Crippen LogP contribution in [-0.2, 0) is 9.84 Å². The summed E-state index contributed by atoms with van der Waals surface area (Å²) >= 11 is 0. The monoisotopic (exact) mass is 293 g/mol. The van der Waals surface area contributed by atoms with E-state index in [2.05, 4.69) is 20.3 Å². The van der Waals surface area contributed by atoms with Crippen LogP contribution in [0.5, 0.6) is 0 Å². The Balaban J connectivity index is 2.15. The molecule has 0 bridgehead atoms. The second-order valence-electron chi connectivity index (χ2n) is 4.37. The maximum absolute atomic E-state index is 11.4. The highest BCUT2D eigenvalue weighted by Crippen LogP contribution is 2.19. The highest BCUT2D eigenvalue weighted by atomic mass is 32.2. The van der Waals surface area contributed by atoms with Gasteiger partial charge in [0.2, 0.25) is 11.9 Å². The predicted molar refractivity (Wildman–Crippen MR) is 75.8 cm³/mol. The van der Waals surface area contributed by atoms with Gasteiger partial charge in [-0.15, -0.1) is 0 Å². The average Bonchev–Trinajstić information content (AvgIpc) is 2.38. The van der Waals surface area contributed by atoms with Gasteiger partial charge in [-0.05, 0) is 24.6 Å². The number of benzene rings is 1. The molecular formula is C12H15N5O2S. The topological polar surface area (TPSA) is 111 Å². The van der Waals surface area contributed by atoms with Gasteiger partial charge < -0.3 is 11.1 Å². The van der Waals surface area contributed by atoms with E-state index < -0.39 is 9.84 Å². The Hall–Kier alpha value is -2.22. The van der Waals surface area contributed by atoms with E-state index in [4.69, 9.17) is 5.73 Å². The molecule has 7 nitrogen and oxygen atoms in total. The van der Waals surface area contributed by atoms with Gasteiger partial charge in [-0.25, -0.2) is 18.4 Å². The predicted octanol–water partition coefficient (Wildman–Crippen LogP) is 1.03. The molecule has 0 aliphatic heterocycles. The molecule has 0 fully saturated rings. The summed E-state index contributed by atoms with van der Waals surface area (Å²) < 4.78 is 22.8. The zero-order valence-corrected chi connectivity index (χ0v) is 11.9. The summed E-state index contributed by atoms with van der Waals surface area (Å²) in [5.74, 6) is 0.513. The van der Waals surface area contributed by atoms with E-state index in [0.717, 1.165) is 5.56 Å². The number of nitrogen functional groups attached to an aromatic ring is 1. The Morgan fingerprint density at radius 2 is 1.85 bits per heavy atom. The molecule has 0 saturated carbocycles. The molecule has 3 N–H and O–H groups in total. The normalized spacial score (nSPS) is 12.9. The average molecular weight is 293 g/mol. The molecule has 1 unspecified atom stereocenters. The minimum absolute atomic E-state index is 0.0922. The highest BCUT2D eigenvalue weighted by Gasteiger charge is 2.10. The molecule has 1 heterocycles. The lowest BCUT2D eigenvalue weighted by Gasteiger charge is -2.14. The standard InChI is InChI=1S/C12H15N5O2S/c1-8(16-12-15-7-14-11(13)17-12)9-3-5-10(6-4-9)20(2,18)19/h3-8H,1-2H3,(H3,13,14,15,16,17). The first kappa shape index (κ1) is 14.2. The molecular weight excluding hydrogens is 278 g/mol. The molecule has 2 aromatic rings.